The second-order valence-electron chi connectivity index (χ2n) is 13.3. The Balaban J connectivity index is 0.000000166. The summed E-state index contributed by atoms with van der Waals surface area (Å²) < 4.78 is 82.4. The Hall–Kier alpha value is -4.93. The smallest absolute Gasteiger partial charge is 0.264 e. The van der Waals surface area contributed by atoms with Crippen molar-refractivity contribution >= 4 is 58.6 Å². The highest BCUT2D eigenvalue weighted by Gasteiger charge is 2.32. The van der Waals surface area contributed by atoms with Gasteiger partial charge in [-0.3, -0.25) is 4.31 Å². The molecule has 0 amide bonds. The van der Waals surface area contributed by atoms with Gasteiger partial charge in [0.05, 0.1) is 65.4 Å². The van der Waals surface area contributed by atoms with Crippen LogP contribution in [0.15, 0.2) is 91.6 Å². The molecular formula is C41H40Cl3N3O10S2. The fourth-order valence-electron chi connectivity index (χ4n) is 6.68. The number of methoxy groups -OCH3 is 2. The molecule has 0 N–H and O–H groups in total. The van der Waals surface area contributed by atoms with E-state index in [1.54, 1.807) is 37.4 Å². The van der Waals surface area contributed by atoms with Crippen molar-refractivity contribution in [3.05, 3.63) is 111 Å². The van der Waals surface area contributed by atoms with Crippen molar-refractivity contribution < 1.29 is 44.8 Å². The van der Waals surface area contributed by atoms with Crippen LogP contribution >= 0.6 is 33.9 Å². The summed E-state index contributed by atoms with van der Waals surface area (Å²) in [6, 6.07) is 19.5. The Morgan fingerprint density at radius 3 is 1.71 bits per heavy atom. The van der Waals surface area contributed by atoms with E-state index in [0.717, 1.165) is 64.7 Å². The quantitative estimate of drug-likeness (QED) is 0.140. The minimum atomic E-state index is -3.82. The Labute approximate surface area is 357 Å². The summed E-state index contributed by atoms with van der Waals surface area (Å²) in [6.45, 7) is 8.67. The summed E-state index contributed by atoms with van der Waals surface area (Å²) in [5.74, 6) is 4.17. The van der Waals surface area contributed by atoms with E-state index in [4.69, 9.17) is 61.9 Å². The molecule has 2 aliphatic heterocycles. The third-order valence-electron chi connectivity index (χ3n) is 9.40. The molecule has 2 aliphatic rings. The van der Waals surface area contributed by atoms with Crippen molar-refractivity contribution in [2.24, 2.45) is 0 Å². The topological polar surface area (TPSA) is 160 Å². The van der Waals surface area contributed by atoms with Crippen LogP contribution in [0.1, 0.15) is 34.9 Å². The van der Waals surface area contributed by atoms with Crippen LogP contribution in [-0.4, -0.2) is 61.1 Å². The van der Waals surface area contributed by atoms with Crippen LogP contribution in [0.2, 0.25) is 10.0 Å². The molecule has 6 aromatic rings. The predicted octanol–water partition coefficient (Wildman–Crippen LogP) is 9.77. The number of nitrogens with zero attached hydrogens (tertiary/aromatic N) is 3. The molecule has 59 heavy (non-hydrogen) atoms. The molecule has 312 valence electrons. The molecule has 4 aromatic carbocycles. The van der Waals surface area contributed by atoms with Gasteiger partial charge in [0.1, 0.15) is 41.1 Å². The number of rotatable bonds is 7. The monoisotopic (exact) mass is 903 g/mol. The molecule has 0 spiro atoms. The number of aromatic nitrogens is 2. The Morgan fingerprint density at radius 2 is 1.20 bits per heavy atom. The minimum Gasteiger partial charge on any atom is -0.496 e. The molecule has 0 fully saturated rings. The van der Waals surface area contributed by atoms with Gasteiger partial charge in [-0.25, -0.2) is 16.8 Å². The van der Waals surface area contributed by atoms with Crippen molar-refractivity contribution in [3.8, 4) is 45.3 Å². The van der Waals surface area contributed by atoms with E-state index in [2.05, 4.69) is 16.4 Å². The average Bonchev–Trinajstić information content (AvgIpc) is 3.73. The van der Waals surface area contributed by atoms with Crippen molar-refractivity contribution in [2.45, 2.75) is 50.3 Å². The van der Waals surface area contributed by atoms with Gasteiger partial charge in [0.25, 0.3) is 19.1 Å². The summed E-state index contributed by atoms with van der Waals surface area (Å²) in [4.78, 5) is 0.137. The van der Waals surface area contributed by atoms with E-state index in [-0.39, 0.29) is 22.9 Å². The van der Waals surface area contributed by atoms with Crippen LogP contribution in [0.25, 0.3) is 22.3 Å². The zero-order chi connectivity index (χ0) is 42.6. The first-order valence-electron chi connectivity index (χ1n) is 18.1. The van der Waals surface area contributed by atoms with Crippen LogP contribution < -0.4 is 23.3 Å². The molecule has 0 aliphatic carbocycles. The highest BCUT2D eigenvalue weighted by Crippen LogP contribution is 2.45. The largest absolute Gasteiger partial charge is 0.496 e. The van der Waals surface area contributed by atoms with Crippen molar-refractivity contribution in [1.82, 2.24) is 10.3 Å². The van der Waals surface area contributed by atoms with Gasteiger partial charge in [-0.1, -0.05) is 45.6 Å². The molecule has 0 unspecified atom stereocenters. The zero-order valence-corrected chi connectivity index (χ0v) is 36.7. The summed E-state index contributed by atoms with van der Waals surface area (Å²) >= 11 is 11.5. The van der Waals surface area contributed by atoms with Crippen LogP contribution in [-0.2, 0) is 25.5 Å². The molecule has 0 bridgehead atoms. The van der Waals surface area contributed by atoms with Crippen molar-refractivity contribution in [1.29, 1.82) is 0 Å². The van der Waals surface area contributed by atoms with E-state index in [0.29, 0.717) is 38.7 Å². The number of sulfonamides is 1. The van der Waals surface area contributed by atoms with Crippen LogP contribution in [0, 0.1) is 27.7 Å². The van der Waals surface area contributed by atoms with E-state index in [9.17, 15) is 16.8 Å². The van der Waals surface area contributed by atoms with Crippen molar-refractivity contribution in [3.63, 3.8) is 0 Å². The van der Waals surface area contributed by atoms with Gasteiger partial charge in [-0.05, 0) is 101 Å². The van der Waals surface area contributed by atoms with Gasteiger partial charge in [-0.15, -0.1) is 0 Å². The first-order valence-corrected chi connectivity index (χ1v) is 22.6. The maximum absolute atomic E-state index is 13.3. The predicted molar refractivity (Wildman–Crippen MR) is 226 cm³/mol. The molecule has 13 nitrogen and oxygen atoms in total. The molecule has 4 heterocycles. The standard InChI is InChI=1S/C20H19ClN2O5S.C15H17NO3.C6H4Cl2O2S/c1-12-20(13(2)28-22-12)16-10-19-17(11-18(16)26-3)23(7-8-27-19)29(24,25)15-6-4-5-14(21)9-15;1-9-15(10(2)19-16-9)12-8-13-11(5-4-6-18-13)7-14(12)17-3;7-5-2-1-3-6(4-5)11(8,9)10/h4-6,9-11H,7-8H2,1-3H3;7-8H,4-6H2,1-3H3;1-4H. The Morgan fingerprint density at radius 1 is 0.678 bits per heavy atom. The Bertz CT molecular complexity index is 2680. The fraction of sp³-hybridized carbons (Fsp3) is 0.268. The van der Waals surface area contributed by atoms with Crippen LogP contribution in [0.4, 0.5) is 5.69 Å². The second kappa shape index (κ2) is 18.1. The zero-order valence-electron chi connectivity index (χ0n) is 32.8. The molecule has 0 radical (unpaired) electrons. The second-order valence-corrected chi connectivity index (χ2v) is 18.6. The summed E-state index contributed by atoms with van der Waals surface area (Å²) in [5.41, 5.74) is 6.69. The minimum absolute atomic E-state index is 0.0201. The molecule has 18 heteroatoms. The molecule has 0 atom stereocenters. The van der Waals surface area contributed by atoms with E-state index < -0.39 is 19.1 Å². The van der Waals surface area contributed by atoms with E-state index in [1.165, 1.54) is 47.3 Å². The summed E-state index contributed by atoms with van der Waals surface area (Å²) in [6.07, 6.45) is 2.09. The number of anilines is 1. The number of fused-ring (bicyclic) bond motifs is 2. The number of ether oxygens (including phenoxy) is 4. The van der Waals surface area contributed by atoms with Crippen molar-refractivity contribution in [2.75, 3.05) is 38.3 Å². The van der Waals surface area contributed by atoms with Gasteiger partial charge in [-0.2, -0.15) is 0 Å². The van der Waals surface area contributed by atoms with Crippen LogP contribution in [0.3, 0.4) is 0 Å². The first kappa shape index (κ1) is 43.6. The SMILES string of the molecule is COc1cc2c(cc1-c1c(C)noc1C)OCCC2.COc1cc2c(cc1-c1c(C)noc1C)OCCN2S(=O)(=O)c1cccc(Cl)c1.O=S(=O)(Cl)c1cccc(Cl)c1. The lowest BCUT2D eigenvalue weighted by atomic mass is 9.97. The number of halogens is 3. The molecule has 8 rings (SSSR count). The lowest BCUT2D eigenvalue weighted by Crippen LogP contribution is -2.38. The molecule has 0 saturated heterocycles. The summed E-state index contributed by atoms with van der Waals surface area (Å²) in [5, 5.41) is 8.71. The number of aryl methyl sites for hydroxylation is 5. The number of hydrogen-bond acceptors (Lipinski definition) is 12. The first-order chi connectivity index (χ1) is 28.0. The van der Waals surface area contributed by atoms with E-state index in [1.807, 2.05) is 33.8 Å². The van der Waals surface area contributed by atoms with Gasteiger partial charge in [0, 0.05) is 37.9 Å². The normalized spacial score (nSPS) is 13.3. The highest BCUT2D eigenvalue weighted by molar-refractivity contribution is 8.13. The Kier molecular flexibility index (Phi) is 13.4. The highest BCUT2D eigenvalue weighted by atomic mass is 35.7. The lowest BCUT2D eigenvalue weighted by Gasteiger charge is -2.31. The van der Waals surface area contributed by atoms with Gasteiger partial charge in [0.2, 0.25) is 0 Å². The average molecular weight is 905 g/mol. The third-order valence-corrected chi connectivity index (χ3v) is 13.0. The fourth-order valence-corrected chi connectivity index (χ4v) is 9.49. The summed E-state index contributed by atoms with van der Waals surface area (Å²) in [7, 11) is 0.801. The lowest BCUT2D eigenvalue weighted by molar-refractivity contribution is 0.287. The van der Waals surface area contributed by atoms with Crippen LogP contribution in [0.5, 0.6) is 23.0 Å². The third kappa shape index (κ3) is 9.60. The molecule has 0 saturated carbocycles. The number of hydrogen-bond donors (Lipinski definition) is 0. The van der Waals surface area contributed by atoms with Gasteiger partial charge < -0.3 is 28.0 Å². The van der Waals surface area contributed by atoms with E-state index >= 15 is 0 Å². The van der Waals surface area contributed by atoms with Gasteiger partial charge in [0.15, 0.2) is 0 Å². The van der Waals surface area contributed by atoms with Gasteiger partial charge >= 0.3 is 0 Å². The molecular weight excluding hydrogens is 865 g/mol. The maximum Gasteiger partial charge on any atom is 0.264 e. The molecule has 2 aromatic heterocycles. The maximum atomic E-state index is 13.3. The number of benzene rings is 4.